The molecule has 2 aliphatic heterocycles. The number of rotatable bonds is 17. The van der Waals surface area contributed by atoms with Crippen molar-refractivity contribution >= 4 is 35.3 Å². The van der Waals surface area contributed by atoms with E-state index < -0.39 is 65.7 Å². The maximum absolute atomic E-state index is 14.0. The molecule has 14 heteroatoms. The number of aliphatic hydroxyl groups excluding tert-OH is 1. The van der Waals surface area contributed by atoms with Crippen LogP contribution >= 0.6 is 0 Å². The molecule has 56 heavy (non-hydrogen) atoms. The van der Waals surface area contributed by atoms with Crippen LogP contribution < -0.4 is 36.6 Å². The molecule has 0 radical (unpaired) electrons. The van der Waals surface area contributed by atoms with Gasteiger partial charge in [-0.05, 0) is 66.7 Å². The Kier molecular flexibility index (Phi) is 18.4. The van der Waals surface area contributed by atoms with Crippen molar-refractivity contribution in [3.63, 3.8) is 0 Å². The van der Waals surface area contributed by atoms with Crippen LogP contribution in [0.1, 0.15) is 78.9 Å². The van der Waals surface area contributed by atoms with Crippen molar-refractivity contribution in [1.29, 1.82) is 0 Å². The fraction of sp³-hybridized carbons (Fsp3) is 0.571. The summed E-state index contributed by atoms with van der Waals surface area (Å²) in [5.41, 5.74) is 1.51. The van der Waals surface area contributed by atoms with Crippen LogP contribution in [0.3, 0.4) is 0 Å². The number of benzene rings is 2. The minimum Gasteiger partial charge on any atom is -0.494 e. The first-order valence-corrected chi connectivity index (χ1v) is 19.8. The van der Waals surface area contributed by atoms with Gasteiger partial charge in [0.1, 0.15) is 30.0 Å². The molecule has 14 nitrogen and oxygen atoms in total. The van der Waals surface area contributed by atoms with Gasteiger partial charge in [0.05, 0.1) is 18.7 Å². The van der Waals surface area contributed by atoms with E-state index in [1.165, 1.54) is 6.92 Å². The molecule has 1 unspecified atom stereocenters. The number of aliphatic hydroxyl groups is 1. The zero-order valence-electron chi connectivity index (χ0n) is 33.9. The fourth-order valence-electron chi connectivity index (χ4n) is 6.41. The summed E-state index contributed by atoms with van der Waals surface area (Å²) in [6, 6.07) is 11.4. The molecule has 0 spiro atoms. The van der Waals surface area contributed by atoms with E-state index in [0.29, 0.717) is 38.2 Å². The second-order valence-electron chi connectivity index (χ2n) is 15.5. The lowest BCUT2D eigenvalue weighted by molar-refractivity contribution is -0.136. The van der Waals surface area contributed by atoms with Gasteiger partial charge in [-0.3, -0.25) is 28.8 Å². The van der Waals surface area contributed by atoms with Gasteiger partial charge >= 0.3 is 0 Å². The van der Waals surface area contributed by atoms with E-state index in [-0.39, 0.29) is 43.0 Å². The number of ketones is 1. The maximum atomic E-state index is 14.0. The van der Waals surface area contributed by atoms with E-state index >= 15 is 0 Å². The lowest BCUT2D eigenvalue weighted by atomic mass is 9.96. The van der Waals surface area contributed by atoms with Crippen molar-refractivity contribution in [2.24, 2.45) is 17.8 Å². The highest BCUT2D eigenvalue weighted by atomic mass is 16.5. The molecular weight excluding hydrogens is 716 g/mol. The Balaban J connectivity index is 1.84. The molecule has 0 aromatic heterocycles. The second kappa shape index (κ2) is 22.7. The third-order valence-corrected chi connectivity index (χ3v) is 9.84. The number of carbonyl (C=O) groups is 6. The largest absolute Gasteiger partial charge is 0.494 e. The van der Waals surface area contributed by atoms with Crippen LogP contribution in [0.2, 0.25) is 0 Å². The zero-order valence-corrected chi connectivity index (χ0v) is 33.9. The molecule has 2 bridgehead atoms. The van der Waals surface area contributed by atoms with Crippen LogP contribution in [-0.2, 0) is 41.6 Å². The molecule has 308 valence electrons. The zero-order chi connectivity index (χ0) is 41.4. The van der Waals surface area contributed by atoms with Crippen molar-refractivity contribution in [2.45, 2.75) is 117 Å². The van der Waals surface area contributed by atoms with Crippen LogP contribution in [-0.4, -0.2) is 96.4 Å². The molecule has 7 atom stereocenters. The third kappa shape index (κ3) is 14.7. The van der Waals surface area contributed by atoms with E-state index in [9.17, 15) is 33.9 Å². The third-order valence-electron chi connectivity index (χ3n) is 9.84. The molecule has 0 saturated carbocycles. The summed E-state index contributed by atoms with van der Waals surface area (Å²) >= 11 is 0. The molecule has 7 N–H and O–H groups in total. The van der Waals surface area contributed by atoms with Gasteiger partial charge in [-0.25, -0.2) is 0 Å². The van der Waals surface area contributed by atoms with E-state index in [4.69, 9.17) is 4.74 Å². The lowest BCUT2D eigenvalue weighted by Gasteiger charge is -2.29. The summed E-state index contributed by atoms with van der Waals surface area (Å²) in [5.74, 6) is -2.85. The number of amides is 5. The molecule has 5 amide bonds. The Hall–Kier alpha value is -4.82. The highest BCUT2D eigenvalue weighted by molar-refractivity contribution is 5.96. The van der Waals surface area contributed by atoms with Crippen LogP contribution in [0.5, 0.6) is 5.75 Å². The molecule has 0 aliphatic carbocycles. The summed E-state index contributed by atoms with van der Waals surface area (Å²) in [6.45, 7) is 12.9. The average Bonchev–Trinajstić information content (AvgIpc) is 3.16. The summed E-state index contributed by atoms with van der Waals surface area (Å²) in [7, 11) is 0. The molecule has 4 rings (SSSR count). The summed E-state index contributed by atoms with van der Waals surface area (Å²) < 4.78 is 5.81. The minimum atomic E-state index is -1.65. The molecule has 0 fully saturated rings. The number of nitrogens with one attached hydrogen (secondary N) is 6. The van der Waals surface area contributed by atoms with Crippen molar-refractivity contribution in [2.75, 3.05) is 19.7 Å². The number of hydrogen-bond donors (Lipinski definition) is 7. The van der Waals surface area contributed by atoms with Crippen LogP contribution in [0.15, 0.2) is 54.6 Å². The van der Waals surface area contributed by atoms with Crippen molar-refractivity contribution in [1.82, 2.24) is 31.9 Å². The SMILES string of the molecule is CCC(C)[C@@H]1NC(=O)[C@@H](NC[C@@H](O)C(=O)[C@H](Cc2ccccc2)NC(=O)[C@@H](NC(=O)[C@H](CC(C)C)NC(C)=O)C(C)C)Cc2ccc(cc2)OCCCNC1=O. The van der Waals surface area contributed by atoms with Gasteiger partial charge in [0.2, 0.25) is 29.5 Å². The highest BCUT2D eigenvalue weighted by Gasteiger charge is 2.35. The monoisotopic (exact) mass is 778 g/mol. The summed E-state index contributed by atoms with van der Waals surface area (Å²) in [4.78, 5) is 80.1. The Labute approximate surface area is 331 Å². The van der Waals surface area contributed by atoms with Gasteiger partial charge in [0.25, 0.3) is 0 Å². The first-order chi connectivity index (χ1) is 26.6. The average molecular weight is 779 g/mol. The molecule has 2 aromatic rings. The number of Topliss-reactive ketones (excluding diaryl/α,β-unsaturated/α-hetero) is 1. The number of ether oxygens (including phenoxy) is 1. The number of hydrogen-bond acceptors (Lipinski definition) is 9. The van der Waals surface area contributed by atoms with Crippen molar-refractivity contribution < 1.29 is 38.6 Å². The first-order valence-electron chi connectivity index (χ1n) is 19.8. The number of carbonyl (C=O) groups excluding carboxylic acids is 6. The summed E-state index contributed by atoms with van der Waals surface area (Å²) in [5, 5.41) is 28.4. The predicted octanol–water partition coefficient (Wildman–Crippen LogP) is 1.97. The molecule has 0 saturated heterocycles. The van der Waals surface area contributed by atoms with E-state index in [2.05, 4.69) is 31.9 Å². The van der Waals surface area contributed by atoms with Crippen LogP contribution in [0.25, 0.3) is 0 Å². The minimum absolute atomic E-state index is 0.0487. The second-order valence-corrected chi connectivity index (χ2v) is 15.5. The topological polar surface area (TPSA) is 204 Å². The van der Waals surface area contributed by atoms with Gasteiger partial charge < -0.3 is 41.7 Å². The predicted molar refractivity (Wildman–Crippen MR) is 213 cm³/mol. The van der Waals surface area contributed by atoms with Crippen LogP contribution in [0, 0.1) is 17.8 Å². The van der Waals surface area contributed by atoms with Gasteiger partial charge in [-0.15, -0.1) is 0 Å². The van der Waals surface area contributed by atoms with Gasteiger partial charge in [0, 0.05) is 20.0 Å². The van der Waals surface area contributed by atoms with Crippen LogP contribution in [0.4, 0.5) is 0 Å². The normalized spacial score (nSPS) is 19.2. The first kappa shape index (κ1) is 45.6. The van der Waals surface area contributed by atoms with Gasteiger partial charge in [0.15, 0.2) is 5.78 Å². The number of fused-ring (bicyclic) bond motifs is 12. The Morgan fingerprint density at radius 2 is 1.55 bits per heavy atom. The maximum Gasteiger partial charge on any atom is 0.243 e. The molecule has 2 heterocycles. The smallest absolute Gasteiger partial charge is 0.243 e. The Bertz CT molecular complexity index is 1600. The highest BCUT2D eigenvalue weighted by Crippen LogP contribution is 2.16. The Morgan fingerprint density at radius 3 is 2.16 bits per heavy atom. The quantitative estimate of drug-likeness (QED) is 0.125. The van der Waals surface area contributed by atoms with Crippen molar-refractivity contribution in [3.05, 3.63) is 65.7 Å². The standard InChI is InChI=1S/C42H62N6O8/c1-8-27(6)37-41(54)43-19-12-20-56-31-17-15-30(16-18-31)23-33(39(52)48-37)44-24-35(50)38(51)32(22-29-13-10-9-11-14-29)46-42(55)36(26(4)5)47-40(53)34(21-25(2)3)45-28(7)49/h9-11,13-18,25-27,32-37,44,50H,8,12,19-24H2,1-7H3,(H,43,54)(H,45,49)(H,46,55)(H,47,53)(H,48,52)/t27?,32-,33-,34-,35+,36-,37-/m0/s1. The molecule has 2 aliphatic rings. The van der Waals surface area contributed by atoms with Crippen molar-refractivity contribution in [3.8, 4) is 5.75 Å². The lowest BCUT2D eigenvalue weighted by Crippen LogP contribution is -2.59. The van der Waals surface area contributed by atoms with E-state index in [1.54, 1.807) is 50.2 Å². The van der Waals surface area contributed by atoms with Gasteiger partial charge in [-0.2, -0.15) is 0 Å². The molecule has 2 aromatic carbocycles. The fourth-order valence-corrected chi connectivity index (χ4v) is 6.41. The van der Waals surface area contributed by atoms with E-state index in [1.807, 2.05) is 45.9 Å². The molecular formula is C42H62N6O8. The van der Waals surface area contributed by atoms with E-state index in [0.717, 1.165) is 11.1 Å². The summed E-state index contributed by atoms with van der Waals surface area (Å²) in [6.07, 6.45) is 0.153. The van der Waals surface area contributed by atoms with Gasteiger partial charge in [-0.1, -0.05) is 90.4 Å². The Morgan fingerprint density at radius 1 is 0.875 bits per heavy atom.